The second kappa shape index (κ2) is 4.63. The van der Waals surface area contributed by atoms with E-state index in [1.54, 1.807) is 0 Å². The Balaban J connectivity index is 1.98. The molecule has 2 rings (SSSR count). The normalized spacial score (nSPS) is 30.4. The van der Waals surface area contributed by atoms with Gasteiger partial charge >= 0.3 is 0 Å². The van der Waals surface area contributed by atoms with Crippen LogP contribution in [-0.4, -0.2) is 32.9 Å². The molecular formula is C11H21NO3S. The van der Waals surface area contributed by atoms with Crippen molar-refractivity contribution in [3.8, 4) is 0 Å². The summed E-state index contributed by atoms with van der Waals surface area (Å²) in [7, 11) is -3.08. The van der Waals surface area contributed by atoms with E-state index in [9.17, 15) is 8.42 Å². The van der Waals surface area contributed by atoms with Crippen LogP contribution in [0.4, 0.5) is 0 Å². The molecule has 1 spiro atoms. The van der Waals surface area contributed by atoms with Crippen LogP contribution in [0.1, 0.15) is 44.9 Å². The van der Waals surface area contributed by atoms with Crippen molar-refractivity contribution >= 4 is 10.0 Å². The Morgan fingerprint density at radius 1 is 1.25 bits per heavy atom. The van der Waals surface area contributed by atoms with E-state index in [4.69, 9.17) is 4.74 Å². The first-order chi connectivity index (χ1) is 7.49. The molecule has 4 nitrogen and oxygen atoms in total. The third kappa shape index (κ3) is 3.18. The minimum atomic E-state index is -3.08. The van der Waals surface area contributed by atoms with Gasteiger partial charge < -0.3 is 4.74 Å². The SMILES string of the molecule is CS(=O)(=O)N[C@H]1CCOC2(CCCCC2)C1. The third-order valence-corrected chi connectivity index (χ3v) is 4.40. The van der Waals surface area contributed by atoms with E-state index in [2.05, 4.69) is 4.72 Å². The first-order valence-electron chi connectivity index (χ1n) is 6.10. The molecule has 1 saturated carbocycles. The van der Waals surface area contributed by atoms with Crippen LogP contribution in [-0.2, 0) is 14.8 Å². The topological polar surface area (TPSA) is 55.4 Å². The highest BCUT2D eigenvalue weighted by molar-refractivity contribution is 7.88. The monoisotopic (exact) mass is 247 g/mol. The first-order valence-corrected chi connectivity index (χ1v) is 8.00. The van der Waals surface area contributed by atoms with Gasteiger partial charge in [0.25, 0.3) is 0 Å². The zero-order valence-electron chi connectivity index (χ0n) is 9.87. The molecular weight excluding hydrogens is 226 g/mol. The molecule has 1 aliphatic heterocycles. The van der Waals surface area contributed by atoms with Gasteiger partial charge in [-0.25, -0.2) is 13.1 Å². The lowest BCUT2D eigenvalue weighted by atomic mass is 9.78. The molecule has 0 bridgehead atoms. The van der Waals surface area contributed by atoms with Crippen LogP contribution < -0.4 is 4.72 Å². The summed E-state index contributed by atoms with van der Waals surface area (Å²) in [5, 5.41) is 0. The van der Waals surface area contributed by atoms with E-state index in [1.807, 2.05) is 0 Å². The van der Waals surface area contributed by atoms with Crippen molar-refractivity contribution in [2.24, 2.45) is 0 Å². The molecule has 0 unspecified atom stereocenters. The largest absolute Gasteiger partial charge is 0.375 e. The molecule has 1 heterocycles. The minimum Gasteiger partial charge on any atom is -0.375 e. The number of nitrogens with one attached hydrogen (secondary N) is 1. The maximum atomic E-state index is 11.2. The smallest absolute Gasteiger partial charge is 0.208 e. The van der Waals surface area contributed by atoms with Crippen LogP contribution in [0.25, 0.3) is 0 Å². The predicted octanol–water partition coefficient (Wildman–Crippen LogP) is 1.42. The number of hydrogen-bond acceptors (Lipinski definition) is 3. The van der Waals surface area contributed by atoms with Crippen LogP contribution in [0.2, 0.25) is 0 Å². The molecule has 0 radical (unpaired) electrons. The van der Waals surface area contributed by atoms with Crippen LogP contribution in [0, 0.1) is 0 Å². The molecule has 1 atom stereocenters. The van der Waals surface area contributed by atoms with Gasteiger partial charge in [0.2, 0.25) is 10.0 Å². The maximum absolute atomic E-state index is 11.2. The summed E-state index contributed by atoms with van der Waals surface area (Å²) < 4.78 is 31.1. The van der Waals surface area contributed by atoms with Gasteiger partial charge in [-0.1, -0.05) is 19.3 Å². The van der Waals surface area contributed by atoms with E-state index in [1.165, 1.54) is 25.5 Å². The Bertz CT molecular complexity index is 328. The zero-order valence-corrected chi connectivity index (χ0v) is 10.7. The Morgan fingerprint density at radius 3 is 2.56 bits per heavy atom. The Labute approximate surface area is 97.8 Å². The van der Waals surface area contributed by atoms with Crippen LogP contribution in [0.5, 0.6) is 0 Å². The second-order valence-corrected chi connectivity index (χ2v) is 6.95. The molecule has 0 aromatic rings. The summed E-state index contributed by atoms with van der Waals surface area (Å²) in [6.07, 6.45) is 8.78. The molecule has 0 aromatic carbocycles. The van der Waals surface area contributed by atoms with Crippen molar-refractivity contribution in [1.82, 2.24) is 4.72 Å². The summed E-state index contributed by atoms with van der Waals surface area (Å²) >= 11 is 0. The average Bonchev–Trinajstić information content (AvgIpc) is 2.16. The molecule has 1 N–H and O–H groups in total. The van der Waals surface area contributed by atoms with E-state index >= 15 is 0 Å². The lowest BCUT2D eigenvalue weighted by Gasteiger charge is -2.43. The summed E-state index contributed by atoms with van der Waals surface area (Å²) in [4.78, 5) is 0. The molecule has 5 heteroatoms. The predicted molar refractivity (Wildman–Crippen MR) is 62.8 cm³/mol. The summed E-state index contributed by atoms with van der Waals surface area (Å²) in [6.45, 7) is 0.688. The standard InChI is InChI=1S/C11H21NO3S/c1-16(13,14)12-10-5-8-15-11(9-10)6-3-2-4-7-11/h10,12H,2-9H2,1H3/t10-/m0/s1. The first kappa shape index (κ1) is 12.3. The highest BCUT2D eigenvalue weighted by Crippen LogP contribution is 2.38. The quantitative estimate of drug-likeness (QED) is 0.803. The summed E-state index contributed by atoms with van der Waals surface area (Å²) in [6, 6.07) is 0.0712. The summed E-state index contributed by atoms with van der Waals surface area (Å²) in [5.41, 5.74) is -0.0289. The van der Waals surface area contributed by atoms with Gasteiger partial charge in [0.05, 0.1) is 11.9 Å². The Hall–Kier alpha value is -0.130. The van der Waals surface area contributed by atoms with Crippen molar-refractivity contribution in [2.75, 3.05) is 12.9 Å². The van der Waals surface area contributed by atoms with Gasteiger partial charge in [0.1, 0.15) is 0 Å². The van der Waals surface area contributed by atoms with Crippen molar-refractivity contribution < 1.29 is 13.2 Å². The number of rotatable bonds is 2. The second-order valence-electron chi connectivity index (χ2n) is 5.17. The lowest BCUT2D eigenvalue weighted by Crippen LogP contribution is -2.49. The van der Waals surface area contributed by atoms with Gasteiger partial charge in [-0.3, -0.25) is 0 Å². The Morgan fingerprint density at radius 2 is 1.94 bits per heavy atom. The fourth-order valence-corrected chi connectivity index (χ4v) is 3.78. The van der Waals surface area contributed by atoms with E-state index < -0.39 is 10.0 Å². The summed E-state index contributed by atoms with van der Waals surface area (Å²) in [5.74, 6) is 0. The van der Waals surface area contributed by atoms with E-state index in [-0.39, 0.29) is 11.6 Å². The molecule has 2 fully saturated rings. The van der Waals surface area contributed by atoms with Gasteiger partial charge in [0.15, 0.2) is 0 Å². The number of sulfonamides is 1. The molecule has 0 aromatic heterocycles. The van der Waals surface area contributed by atoms with Gasteiger partial charge in [0, 0.05) is 12.6 Å². The lowest BCUT2D eigenvalue weighted by molar-refractivity contribution is -0.106. The van der Waals surface area contributed by atoms with Crippen molar-refractivity contribution in [2.45, 2.75) is 56.6 Å². The van der Waals surface area contributed by atoms with Gasteiger partial charge in [-0.05, 0) is 25.7 Å². The van der Waals surface area contributed by atoms with Gasteiger partial charge in [-0.2, -0.15) is 0 Å². The fourth-order valence-electron chi connectivity index (χ4n) is 2.98. The number of ether oxygens (including phenoxy) is 1. The van der Waals surface area contributed by atoms with Crippen LogP contribution in [0.15, 0.2) is 0 Å². The van der Waals surface area contributed by atoms with E-state index in [0.717, 1.165) is 25.7 Å². The fraction of sp³-hybridized carbons (Fsp3) is 1.00. The highest BCUT2D eigenvalue weighted by atomic mass is 32.2. The molecule has 16 heavy (non-hydrogen) atoms. The maximum Gasteiger partial charge on any atom is 0.208 e. The third-order valence-electron chi connectivity index (χ3n) is 3.64. The van der Waals surface area contributed by atoms with Crippen molar-refractivity contribution in [3.05, 3.63) is 0 Å². The van der Waals surface area contributed by atoms with Crippen molar-refractivity contribution in [3.63, 3.8) is 0 Å². The van der Waals surface area contributed by atoms with Crippen LogP contribution in [0.3, 0.4) is 0 Å². The molecule has 1 aliphatic carbocycles. The highest BCUT2D eigenvalue weighted by Gasteiger charge is 2.39. The Kier molecular flexibility index (Phi) is 3.56. The van der Waals surface area contributed by atoms with Gasteiger partial charge in [-0.15, -0.1) is 0 Å². The molecule has 1 saturated heterocycles. The van der Waals surface area contributed by atoms with Crippen LogP contribution >= 0.6 is 0 Å². The average molecular weight is 247 g/mol. The minimum absolute atomic E-state index is 0.0289. The zero-order chi connectivity index (χ0) is 11.6. The molecule has 0 amide bonds. The number of hydrogen-bond donors (Lipinski definition) is 1. The van der Waals surface area contributed by atoms with Crippen molar-refractivity contribution in [1.29, 1.82) is 0 Å². The van der Waals surface area contributed by atoms with E-state index in [0.29, 0.717) is 6.61 Å². The molecule has 2 aliphatic rings. The molecule has 94 valence electrons.